The smallest absolute Gasteiger partial charge is 0.164 e. The van der Waals surface area contributed by atoms with E-state index in [2.05, 4.69) is 25.9 Å². The molecule has 0 saturated carbocycles. The number of imidazole rings is 1. The van der Waals surface area contributed by atoms with Gasteiger partial charge in [-0.05, 0) is 59.1 Å². The van der Waals surface area contributed by atoms with Crippen LogP contribution in [-0.2, 0) is 5.88 Å². The Hall–Kier alpha value is -1.10. The Labute approximate surface area is 141 Å². The van der Waals surface area contributed by atoms with Crippen molar-refractivity contribution in [3.05, 3.63) is 50.8 Å². The Kier molecular flexibility index (Phi) is 3.95. The van der Waals surface area contributed by atoms with Crippen molar-refractivity contribution in [3.8, 4) is 5.69 Å². The lowest BCUT2D eigenvalue weighted by Gasteiger charge is -2.11. The molecule has 3 aromatic rings. The molecule has 0 aliphatic heterocycles. The van der Waals surface area contributed by atoms with Crippen LogP contribution in [0.2, 0.25) is 5.02 Å². The molecule has 1 aromatic carbocycles. The number of alkyl halides is 1. The largest absolute Gasteiger partial charge is 0.278 e. The third-order valence-electron chi connectivity index (χ3n) is 3.29. The highest BCUT2D eigenvalue weighted by molar-refractivity contribution is 9.10. The van der Waals surface area contributed by atoms with Gasteiger partial charge in [-0.25, -0.2) is 9.97 Å². The van der Waals surface area contributed by atoms with E-state index >= 15 is 0 Å². The van der Waals surface area contributed by atoms with Crippen LogP contribution in [0.15, 0.2) is 28.9 Å². The van der Waals surface area contributed by atoms with Crippen LogP contribution in [0.1, 0.15) is 17.0 Å². The monoisotopic (exact) mass is 383 g/mol. The van der Waals surface area contributed by atoms with E-state index in [0.717, 1.165) is 38.3 Å². The van der Waals surface area contributed by atoms with Crippen molar-refractivity contribution in [1.82, 2.24) is 14.5 Å². The zero-order valence-corrected chi connectivity index (χ0v) is 14.6. The van der Waals surface area contributed by atoms with Gasteiger partial charge in [0.1, 0.15) is 11.3 Å². The molecule has 0 radical (unpaired) electrons. The molecule has 0 spiro atoms. The van der Waals surface area contributed by atoms with Crippen LogP contribution in [0.25, 0.3) is 16.9 Å². The van der Waals surface area contributed by atoms with Crippen molar-refractivity contribution in [2.45, 2.75) is 19.7 Å². The summed E-state index contributed by atoms with van der Waals surface area (Å²) in [4.78, 5) is 9.06. The Morgan fingerprint density at radius 3 is 2.71 bits per heavy atom. The third kappa shape index (κ3) is 2.56. The summed E-state index contributed by atoms with van der Waals surface area (Å²) in [7, 11) is 0. The van der Waals surface area contributed by atoms with Crippen molar-refractivity contribution < 1.29 is 0 Å². The SMILES string of the molecule is Cc1cnc2c(c1)nc(CCl)n2-c1cc(Cl)c(C)cc1Br. The number of fused-ring (bicyclic) bond motifs is 1. The zero-order chi connectivity index (χ0) is 15.1. The topological polar surface area (TPSA) is 30.7 Å². The number of pyridine rings is 1. The fraction of sp³-hybridized carbons (Fsp3) is 0.200. The molecule has 0 fully saturated rings. The lowest BCUT2D eigenvalue weighted by molar-refractivity contribution is 0.964. The molecule has 108 valence electrons. The summed E-state index contributed by atoms with van der Waals surface area (Å²) in [5.41, 5.74) is 4.56. The summed E-state index contributed by atoms with van der Waals surface area (Å²) in [6.07, 6.45) is 1.82. The van der Waals surface area contributed by atoms with Gasteiger partial charge in [-0.15, -0.1) is 11.6 Å². The van der Waals surface area contributed by atoms with Crippen LogP contribution < -0.4 is 0 Å². The predicted molar refractivity (Wildman–Crippen MR) is 90.6 cm³/mol. The Balaban J connectivity index is 2.36. The van der Waals surface area contributed by atoms with Gasteiger partial charge in [0.15, 0.2) is 5.65 Å². The number of halogens is 3. The van der Waals surface area contributed by atoms with Crippen LogP contribution in [0.4, 0.5) is 0 Å². The Morgan fingerprint density at radius 1 is 1.24 bits per heavy atom. The van der Waals surface area contributed by atoms with Gasteiger partial charge in [-0.3, -0.25) is 4.57 Å². The van der Waals surface area contributed by atoms with E-state index in [4.69, 9.17) is 23.2 Å². The van der Waals surface area contributed by atoms with Crippen LogP contribution in [0.5, 0.6) is 0 Å². The number of aryl methyl sites for hydroxylation is 2. The van der Waals surface area contributed by atoms with Crippen LogP contribution >= 0.6 is 39.1 Å². The number of hydrogen-bond donors (Lipinski definition) is 0. The molecule has 0 N–H and O–H groups in total. The highest BCUT2D eigenvalue weighted by Crippen LogP contribution is 2.31. The summed E-state index contributed by atoms with van der Waals surface area (Å²) in [5.74, 6) is 1.04. The molecule has 0 saturated heterocycles. The molecule has 3 rings (SSSR count). The molecular weight excluding hydrogens is 373 g/mol. The maximum atomic E-state index is 6.27. The number of nitrogens with zero attached hydrogens (tertiary/aromatic N) is 3. The number of aromatic nitrogens is 3. The van der Waals surface area contributed by atoms with E-state index in [0.29, 0.717) is 10.9 Å². The normalized spacial score (nSPS) is 11.3. The van der Waals surface area contributed by atoms with Crippen molar-refractivity contribution >= 4 is 50.3 Å². The number of benzene rings is 1. The average Bonchev–Trinajstić information content (AvgIpc) is 2.80. The van der Waals surface area contributed by atoms with Crippen LogP contribution in [0.3, 0.4) is 0 Å². The first-order valence-electron chi connectivity index (χ1n) is 6.37. The average molecular weight is 385 g/mol. The maximum absolute atomic E-state index is 6.27. The number of rotatable bonds is 2. The quantitative estimate of drug-likeness (QED) is 0.569. The van der Waals surface area contributed by atoms with E-state index in [-0.39, 0.29) is 0 Å². The molecule has 2 heterocycles. The second-order valence-corrected chi connectivity index (χ2v) is 6.43. The third-order valence-corrected chi connectivity index (χ3v) is 4.57. The minimum Gasteiger partial charge on any atom is -0.278 e. The highest BCUT2D eigenvalue weighted by Gasteiger charge is 2.16. The standard InChI is InChI=1S/C15H12BrCl2N3/c1-8-3-12-15(19-7-8)21(14(6-17)20-12)13-5-11(18)9(2)4-10(13)16/h3-5,7H,6H2,1-2H3. The predicted octanol–water partition coefficient (Wildman–Crippen LogP) is 5.19. The second kappa shape index (κ2) is 5.59. The molecular formula is C15H12BrCl2N3. The van der Waals surface area contributed by atoms with Crippen molar-refractivity contribution in [3.63, 3.8) is 0 Å². The first kappa shape index (κ1) is 14.8. The summed E-state index contributed by atoms with van der Waals surface area (Å²) < 4.78 is 2.87. The molecule has 0 atom stereocenters. The minimum atomic E-state index is 0.299. The fourth-order valence-corrected chi connectivity index (χ4v) is 3.23. The lowest BCUT2D eigenvalue weighted by Crippen LogP contribution is -2.02. The van der Waals surface area contributed by atoms with Gasteiger partial charge in [-0.2, -0.15) is 0 Å². The maximum Gasteiger partial charge on any atom is 0.164 e. The van der Waals surface area contributed by atoms with Crippen LogP contribution in [-0.4, -0.2) is 14.5 Å². The first-order chi connectivity index (χ1) is 10.0. The van der Waals surface area contributed by atoms with E-state index in [9.17, 15) is 0 Å². The zero-order valence-electron chi connectivity index (χ0n) is 11.5. The molecule has 6 heteroatoms. The molecule has 2 aromatic heterocycles. The van der Waals surface area contributed by atoms with E-state index < -0.39 is 0 Å². The van der Waals surface area contributed by atoms with Crippen molar-refractivity contribution in [1.29, 1.82) is 0 Å². The molecule has 3 nitrogen and oxygen atoms in total. The minimum absolute atomic E-state index is 0.299. The van der Waals surface area contributed by atoms with Gasteiger partial charge in [0.05, 0.1) is 11.6 Å². The van der Waals surface area contributed by atoms with Crippen molar-refractivity contribution in [2.24, 2.45) is 0 Å². The second-order valence-electron chi connectivity index (χ2n) is 4.91. The van der Waals surface area contributed by atoms with Gasteiger partial charge >= 0.3 is 0 Å². The molecule has 0 unspecified atom stereocenters. The fourth-order valence-electron chi connectivity index (χ4n) is 2.26. The lowest BCUT2D eigenvalue weighted by atomic mass is 10.2. The summed E-state index contributed by atoms with van der Waals surface area (Å²) in [6.45, 7) is 3.96. The molecule has 0 bridgehead atoms. The van der Waals surface area contributed by atoms with Gasteiger partial charge < -0.3 is 0 Å². The van der Waals surface area contributed by atoms with Gasteiger partial charge in [0.2, 0.25) is 0 Å². The molecule has 0 aliphatic rings. The van der Waals surface area contributed by atoms with Gasteiger partial charge in [0.25, 0.3) is 0 Å². The highest BCUT2D eigenvalue weighted by atomic mass is 79.9. The van der Waals surface area contributed by atoms with E-state index in [1.807, 2.05) is 42.8 Å². The Morgan fingerprint density at radius 2 is 2.00 bits per heavy atom. The molecule has 0 amide bonds. The summed E-state index contributed by atoms with van der Waals surface area (Å²) in [6, 6.07) is 5.88. The van der Waals surface area contributed by atoms with E-state index in [1.165, 1.54) is 0 Å². The Bertz CT molecular complexity index is 843. The van der Waals surface area contributed by atoms with Crippen molar-refractivity contribution in [2.75, 3.05) is 0 Å². The van der Waals surface area contributed by atoms with E-state index in [1.54, 1.807) is 0 Å². The molecule has 0 aliphatic carbocycles. The van der Waals surface area contributed by atoms with Crippen LogP contribution in [0, 0.1) is 13.8 Å². The van der Waals surface area contributed by atoms with Gasteiger partial charge in [-0.1, -0.05) is 11.6 Å². The molecule has 21 heavy (non-hydrogen) atoms. The summed E-state index contributed by atoms with van der Waals surface area (Å²) in [5, 5.41) is 0.697. The van der Waals surface area contributed by atoms with Gasteiger partial charge in [0, 0.05) is 15.7 Å². The number of hydrogen-bond acceptors (Lipinski definition) is 2. The summed E-state index contributed by atoms with van der Waals surface area (Å²) >= 11 is 15.9. The first-order valence-corrected chi connectivity index (χ1v) is 8.07.